The summed E-state index contributed by atoms with van der Waals surface area (Å²) in [4.78, 5) is 6.53. The first-order valence-corrected chi connectivity index (χ1v) is 7.96. The quantitative estimate of drug-likeness (QED) is 0.736. The molecule has 0 saturated carbocycles. The zero-order chi connectivity index (χ0) is 15.6. The Balaban J connectivity index is 1.70. The van der Waals surface area contributed by atoms with Gasteiger partial charge in [-0.3, -0.25) is 0 Å². The van der Waals surface area contributed by atoms with Gasteiger partial charge in [0.05, 0.1) is 6.42 Å². The van der Waals surface area contributed by atoms with E-state index in [-0.39, 0.29) is 0 Å². The Morgan fingerprint density at radius 3 is 2.70 bits per heavy atom. The Labute approximate surface area is 135 Å². The highest BCUT2D eigenvalue weighted by molar-refractivity contribution is 5.85. The number of anilines is 1. The van der Waals surface area contributed by atoms with E-state index in [0.717, 1.165) is 25.9 Å². The van der Waals surface area contributed by atoms with Crippen LogP contribution in [0.4, 0.5) is 5.88 Å². The normalized spacial score (nSPS) is 14.3. The Hall–Kier alpha value is -2.80. The molecular formula is C19H17N3O. The van der Waals surface area contributed by atoms with Crippen LogP contribution in [0.2, 0.25) is 0 Å². The van der Waals surface area contributed by atoms with Gasteiger partial charge in [0.15, 0.2) is 0 Å². The van der Waals surface area contributed by atoms with Gasteiger partial charge < -0.3 is 9.32 Å². The van der Waals surface area contributed by atoms with Crippen LogP contribution in [0.3, 0.4) is 0 Å². The fourth-order valence-electron chi connectivity index (χ4n) is 3.25. The van der Waals surface area contributed by atoms with Crippen molar-refractivity contribution in [2.75, 3.05) is 18.0 Å². The average molecular weight is 303 g/mol. The molecule has 1 aliphatic rings. The monoisotopic (exact) mass is 303 g/mol. The van der Waals surface area contributed by atoms with E-state index in [9.17, 15) is 5.26 Å². The molecule has 0 N–H and O–H groups in total. The molecule has 2 heterocycles. The predicted octanol–water partition coefficient (Wildman–Crippen LogP) is 3.89. The lowest BCUT2D eigenvalue weighted by molar-refractivity contribution is 0.503. The smallest absolute Gasteiger partial charge is 0.234 e. The molecule has 1 saturated heterocycles. The van der Waals surface area contributed by atoms with Gasteiger partial charge in [-0.25, -0.2) is 4.98 Å². The molecule has 3 aromatic rings. The molecule has 1 aliphatic heterocycles. The van der Waals surface area contributed by atoms with Crippen molar-refractivity contribution in [3.8, 4) is 6.07 Å². The molecule has 23 heavy (non-hydrogen) atoms. The molecule has 0 radical (unpaired) electrons. The maximum atomic E-state index is 9.33. The number of hydrogen-bond donors (Lipinski definition) is 0. The third kappa shape index (κ3) is 2.55. The molecule has 1 aromatic heterocycles. The van der Waals surface area contributed by atoms with Crippen molar-refractivity contribution in [3.63, 3.8) is 0 Å². The van der Waals surface area contributed by atoms with Crippen LogP contribution in [-0.2, 0) is 6.42 Å². The Morgan fingerprint density at radius 2 is 1.87 bits per heavy atom. The zero-order valence-electron chi connectivity index (χ0n) is 12.8. The van der Waals surface area contributed by atoms with Crippen LogP contribution in [0.15, 0.2) is 46.9 Å². The second-order valence-corrected chi connectivity index (χ2v) is 5.88. The van der Waals surface area contributed by atoms with Crippen LogP contribution in [0, 0.1) is 11.3 Å². The lowest BCUT2D eigenvalue weighted by Gasteiger charge is -2.12. The minimum atomic E-state index is 0.405. The van der Waals surface area contributed by atoms with Crippen molar-refractivity contribution in [2.24, 2.45) is 0 Å². The first kappa shape index (κ1) is 13.8. The molecule has 114 valence electrons. The highest BCUT2D eigenvalue weighted by Crippen LogP contribution is 2.28. The van der Waals surface area contributed by atoms with E-state index < -0.39 is 0 Å². The minimum absolute atomic E-state index is 0.405. The summed E-state index contributed by atoms with van der Waals surface area (Å²) in [6.07, 6.45) is 2.89. The van der Waals surface area contributed by atoms with Crippen molar-refractivity contribution < 1.29 is 4.42 Å². The number of fused-ring (bicyclic) bond motifs is 1. The summed E-state index contributed by atoms with van der Waals surface area (Å²) in [5.41, 5.74) is 1.57. The number of aromatic nitrogens is 1. The van der Waals surface area contributed by atoms with Crippen LogP contribution in [-0.4, -0.2) is 18.1 Å². The van der Waals surface area contributed by atoms with Crippen molar-refractivity contribution in [1.29, 1.82) is 5.26 Å². The lowest BCUT2D eigenvalue weighted by Crippen LogP contribution is -2.17. The van der Waals surface area contributed by atoms with E-state index in [0.29, 0.717) is 23.9 Å². The van der Waals surface area contributed by atoms with Gasteiger partial charge in [-0.15, -0.1) is 0 Å². The van der Waals surface area contributed by atoms with Gasteiger partial charge in [-0.2, -0.15) is 5.26 Å². The Bertz CT molecular complexity index is 880. The highest BCUT2D eigenvalue weighted by Gasteiger charge is 2.22. The molecule has 0 amide bonds. The molecule has 4 heteroatoms. The van der Waals surface area contributed by atoms with Crippen molar-refractivity contribution >= 4 is 16.7 Å². The van der Waals surface area contributed by atoms with Gasteiger partial charge in [0.25, 0.3) is 0 Å². The second-order valence-electron chi connectivity index (χ2n) is 5.88. The molecule has 2 aromatic carbocycles. The van der Waals surface area contributed by atoms with E-state index in [1.54, 1.807) is 0 Å². The standard InChI is InChI=1S/C19H17N3O/c20-13-17-19(22-10-3-4-11-22)23-18(21-17)12-15-8-5-7-14-6-1-2-9-16(14)15/h1-2,5-9H,3-4,10-12H2. The Kier molecular flexibility index (Phi) is 3.47. The summed E-state index contributed by atoms with van der Waals surface area (Å²) >= 11 is 0. The molecular weight excluding hydrogens is 286 g/mol. The van der Waals surface area contributed by atoms with Crippen LogP contribution in [0.25, 0.3) is 10.8 Å². The molecule has 1 fully saturated rings. The summed E-state index contributed by atoms with van der Waals surface area (Å²) in [7, 11) is 0. The molecule has 0 aliphatic carbocycles. The predicted molar refractivity (Wildman–Crippen MR) is 89.4 cm³/mol. The summed E-state index contributed by atoms with van der Waals surface area (Å²) in [6.45, 7) is 1.88. The topological polar surface area (TPSA) is 53.1 Å². The van der Waals surface area contributed by atoms with Gasteiger partial charge >= 0.3 is 0 Å². The molecule has 0 bridgehead atoms. The molecule has 0 atom stereocenters. The maximum Gasteiger partial charge on any atom is 0.234 e. The van der Waals surface area contributed by atoms with E-state index in [1.165, 1.54) is 16.3 Å². The van der Waals surface area contributed by atoms with E-state index in [1.807, 2.05) is 18.2 Å². The Morgan fingerprint density at radius 1 is 1.09 bits per heavy atom. The molecule has 0 unspecified atom stereocenters. The van der Waals surface area contributed by atoms with Crippen molar-refractivity contribution in [2.45, 2.75) is 19.3 Å². The average Bonchev–Trinajstić information content (AvgIpc) is 3.24. The molecule has 0 spiro atoms. The van der Waals surface area contributed by atoms with Crippen LogP contribution in [0.5, 0.6) is 0 Å². The third-order valence-corrected chi connectivity index (χ3v) is 4.37. The zero-order valence-corrected chi connectivity index (χ0v) is 12.8. The maximum absolute atomic E-state index is 9.33. The van der Waals surface area contributed by atoms with E-state index >= 15 is 0 Å². The van der Waals surface area contributed by atoms with Crippen molar-refractivity contribution in [1.82, 2.24) is 4.98 Å². The van der Waals surface area contributed by atoms with Gasteiger partial charge in [0.2, 0.25) is 17.5 Å². The summed E-state index contributed by atoms with van der Waals surface area (Å²) in [5.74, 6) is 1.25. The number of nitriles is 1. The van der Waals surface area contributed by atoms with E-state index in [4.69, 9.17) is 4.42 Å². The minimum Gasteiger partial charge on any atom is -0.423 e. The van der Waals surface area contributed by atoms with Crippen LogP contribution < -0.4 is 4.90 Å². The summed E-state index contributed by atoms with van der Waals surface area (Å²) in [5, 5.41) is 11.7. The lowest BCUT2D eigenvalue weighted by atomic mass is 10.0. The fourth-order valence-corrected chi connectivity index (χ4v) is 3.25. The fraction of sp³-hybridized carbons (Fsp3) is 0.263. The first-order valence-electron chi connectivity index (χ1n) is 7.96. The largest absolute Gasteiger partial charge is 0.423 e. The third-order valence-electron chi connectivity index (χ3n) is 4.37. The molecule has 4 rings (SSSR count). The second kappa shape index (κ2) is 5.77. The number of benzene rings is 2. The van der Waals surface area contributed by atoms with Gasteiger partial charge in [0, 0.05) is 13.1 Å². The summed E-state index contributed by atoms with van der Waals surface area (Å²) < 4.78 is 5.93. The van der Waals surface area contributed by atoms with Crippen LogP contribution >= 0.6 is 0 Å². The highest BCUT2D eigenvalue weighted by atomic mass is 16.4. The van der Waals surface area contributed by atoms with E-state index in [2.05, 4.69) is 40.2 Å². The van der Waals surface area contributed by atoms with Crippen LogP contribution in [0.1, 0.15) is 30.0 Å². The number of hydrogen-bond acceptors (Lipinski definition) is 4. The van der Waals surface area contributed by atoms with Gasteiger partial charge in [0.1, 0.15) is 6.07 Å². The first-order chi connectivity index (χ1) is 11.3. The van der Waals surface area contributed by atoms with Gasteiger partial charge in [-0.1, -0.05) is 42.5 Å². The summed E-state index contributed by atoms with van der Waals surface area (Å²) in [6, 6.07) is 16.7. The number of nitrogens with zero attached hydrogens (tertiary/aromatic N) is 3. The van der Waals surface area contributed by atoms with Crippen molar-refractivity contribution in [3.05, 3.63) is 59.6 Å². The number of rotatable bonds is 3. The number of oxazole rings is 1. The SMILES string of the molecule is N#Cc1nc(Cc2cccc3ccccc23)oc1N1CCCC1. The van der Waals surface area contributed by atoms with Gasteiger partial charge in [-0.05, 0) is 29.2 Å². The molecule has 4 nitrogen and oxygen atoms in total.